The smallest absolute Gasteiger partial charge is 0.423 e. The Hall–Kier alpha value is -4.54. The third kappa shape index (κ3) is 5.25. The summed E-state index contributed by atoms with van der Waals surface area (Å²) in [6.07, 6.45) is -10.2. The summed E-state index contributed by atoms with van der Waals surface area (Å²) in [5.41, 5.74) is -5.01. The van der Waals surface area contributed by atoms with E-state index >= 15 is 0 Å². The standard InChI is InChI=1S/C28H18F6O5/c1-13(2)25(35)37-16-7-5-15(6-8-16)17-9-10-18-19-11-12-20(38-26(36)14(3)4)22(28(32,33)34)24(19)39-23(18)21(17)27(29,30)31/h5-12H,1,3H2,2,4H3. The highest BCUT2D eigenvalue weighted by atomic mass is 19.4. The van der Waals surface area contributed by atoms with Crippen LogP contribution in [0.3, 0.4) is 0 Å². The summed E-state index contributed by atoms with van der Waals surface area (Å²) in [5.74, 6) is -2.75. The maximum absolute atomic E-state index is 14.4. The minimum absolute atomic E-state index is 0.0342. The van der Waals surface area contributed by atoms with Crippen molar-refractivity contribution >= 4 is 33.9 Å². The molecule has 0 fully saturated rings. The lowest BCUT2D eigenvalue weighted by molar-refractivity contribution is -0.140. The van der Waals surface area contributed by atoms with Crippen LogP contribution >= 0.6 is 0 Å². The Labute approximate surface area is 216 Å². The SMILES string of the molecule is C=C(C)C(=O)Oc1ccc(-c2ccc3c(oc4c(C(F)(F)F)c(OC(=O)C(=C)C)ccc43)c2C(F)(F)F)cc1. The average molecular weight is 548 g/mol. The van der Waals surface area contributed by atoms with E-state index in [0.717, 1.165) is 18.2 Å². The van der Waals surface area contributed by atoms with Crippen LogP contribution in [0.5, 0.6) is 11.5 Å². The zero-order valence-corrected chi connectivity index (χ0v) is 20.3. The molecule has 0 unspecified atom stereocenters. The number of rotatable bonds is 5. The van der Waals surface area contributed by atoms with E-state index < -0.39 is 52.3 Å². The predicted octanol–water partition coefficient (Wildman–Crippen LogP) is 8.25. The molecule has 0 aliphatic carbocycles. The molecule has 39 heavy (non-hydrogen) atoms. The largest absolute Gasteiger partial charge is 0.455 e. The molecule has 0 atom stereocenters. The molecule has 0 saturated carbocycles. The first kappa shape index (κ1) is 27.5. The fourth-order valence-electron chi connectivity index (χ4n) is 3.84. The number of furan rings is 1. The lowest BCUT2D eigenvalue weighted by atomic mass is 9.96. The molecule has 202 valence electrons. The van der Waals surface area contributed by atoms with E-state index in [1.54, 1.807) is 0 Å². The molecule has 1 heterocycles. The van der Waals surface area contributed by atoms with E-state index in [1.807, 2.05) is 0 Å². The van der Waals surface area contributed by atoms with Crippen molar-refractivity contribution in [1.29, 1.82) is 0 Å². The third-order valence-electron chi connectivity index (χ3n) is 5.61. The molecule has 4 aromatic rings. The summed E-state index contributed by atoms with van der Waals surface area (Å²) in [7, 11) is 0. The van der Waals surface area contributed by atoms with Gasteiger partial charge in [-0.25, -0.2) is 9.59 Å². The van der Waals surface area contributed by atoms with E-state index in [4.69, 9.17) is 13.9 Å². The van der Waals surface area contributed by atoms with E-state index in [2.05, 4.69) is 13.2 Å². The molecule has 3 aromatic carbocycles. The fourth-order valence-corrected chi connectivity index (χ4v) is 3.84. The van der Waals surface area contributed by atoms with Gasteiger partial charge in [-0.15, -0.1) is 0 Å². The van der Waals surface area contributed by atoms with Crippen LogP contribution in [0.1, 0.15) is 25.0 Å². The lowest BCUT2D eigenvalue weighted by Gasteiger charge is -2.14. The van der Waals surface area contributed by atoms with Crippen molar-refractivity contribution in [1.82, 2.24) is 0 Å². The first-order chi connectivity index (χ1) is 18.1. The molecule has 0 bridgehead atoms. The van der Waals surface area contributed by atoms with Gasteiger partial charge < -0.3 is 13.9 Å². The number of hydrogen-bond donors (Lipinski definition) is 0. The number of hydrogen-bond acceptors (Lipinski definition) is 5. The number of alkyl halides is 6. The Balaban J connectivity index is 1.95. The van der Waals surface area contributed by atoms with E-state index in [1.165, 1.54) is 44.2 Å². The molecular formula is C28H18F6O5. The monoisotopic (exact) mass is 548 g/mol. The Morgan fingerprint density at radius 2 is 1.18 bits per heavy atom. The highest BCUT2D eigenvalue weighted by Crippen LogP contribution is 2.48. The maximum atomic E-state index is 14.4. The molecular weight excluding hydrogens is 530 g/mol. The van der Waals surface area contributed by atoms with Crippen molar-refractivity contribution < 1.29 is 49.8 Å². The van der Waals surface area contributed by atoms with Crippen LogP contribution in [-0.4, -0.2) is 11.9 Å². The summed E-state index contributed by atoms with van der Waals surface area (Å²) in [6.45, 7) is 9.40. The van der Waals surface area contributed by atoms with E-state index in [-0.39, 0.29) is 38.8 Å². The van der Waals surface area contributed by atoms with Gasteiger partial charge in [-0.1, -0.05) is 31.4 Å². The predicted molar refractivity (Wildman–Crippen MR) is 130 cm³/mol. The van der Waals surface area contributed by atoms with Crippen molar-refractivity contribution in [3.05, 3.63) is 84.0 Å². The Morgan fingerprint density at radius 1 is 0.692 bits per heavy atom. The number of carbonyl (C=O) groups excluding carboxylic acids is 2. The first-order valence-electron chi connectivity index (χ1n) is 11.1. The molecule has 1 aromatic heterocycles. The van der Waals surface area contributed by atoms with Gasteiger partial charge in [0.2, 0.25) is 0 Å². The molecule has 0 radical (unpaired) electrons. The molecule has 0 N–H and O–H groups in total. The quantitative estimate of drug-likeness (QED) is 0.109. The molecule has 11 heteroatoms. The van der Waals surface area contributed by atoms with Gasteiger partial charge in [0, 0.05) is 21.9 Å². The topological polar surface area (TPSA) is 65.7 Å². The van der Waals surface area contributed by atoms with Crippen LogP contribution in [0.25, 0.3) is 33.1 Å². The van der Waals surface area contributed by atoms with Gasteiger partial charge in [0.25, 0.3) is 0 Å². The van der Waals surface area contributed by atoms with Crippen LogP contribution in [0.4, 0.5) is 26.3 Å². The van der Waals surface area contributed by atoms with Gasteiger partial charge in [0.1, 0.15) is 28.2 Å². The molecule has 0 spiro atoms. The van der Waals surface area contributed by atoms with Crippen molar-refractivity contribution in [2.75, 3.05) is 0 Å². The van der Waals surface area contributed by atoms with Gasteiger partial charge >= 0.3 is 24.3 Å². The van der Waals surface area contributed by atoms with Gasteiger partial charge in [-0.2, -0.15) is 26.3 Å². The van der Waals surface area contributed by atoms with Crippen molar-refractivity contribution in [3.63, 3.8) is 0 Å². The molecule has 0 saturated heterocycles. The number of carbonyl (C=O) groups is 2. The van der Waals surface area contributed by atoms with Crippen molar-refractivity contribution in [3.8, 4) is 22.6 Å². The molecule has 0 aliphatic rings. The van der Waals surface area contributed by atoms with Crippen LogP contribution in [0.15, 0.2) is 77.3 Å². The lowest BCUT2D eigenvalue weighted by Crippen LogP contribution is -2.14. The van der Waals surface area contributed by atoms with Gasteiger partial charge in [-0.3, -0.25) is 0 Å². The summed E-state index contributed by atoms with van der Waals surface area (Å²) >= 11 is 0. The van der Waals surface area contributed by atoms with E-state index in [0.29, 0.717) is 0 Å². The van der Waals surface area contributed by atoms with E-state index in [9.17, 15) is 35.9 Å². The number of fused-ring (bicyclic) bond motifs is 3. The minimum atomic E-state index is -5.14. The Kier molecular flexibility index (Phi) is 6.80. The number of halogens is 6. The molecule has 0 aliphatic heterocycles. The van der Waals surface area contributed by atoms with Crippen LogP contribution in [0, 0.1) is 0 Å². The Bertz CT molecular complexity index is 1660. The summed E-state index contributed by atoms with van der Waals surface area (Å²) in [5, 5.41) is -0.483. The minimum Gasteiger partial charge on any atom is -0.455 e. The second-order valence-corrected chi connectivity index (χ2v) is 8.64. The van der Waals surface area contributed by atoms with Gasteiger partial charge in [0.05, 0.1) is 0 Å². The fraction of sp³-hybridized carbons (Fsp3) is 0.143. The highest BCUT2D eigenvalue weighted by Gasteiger charge is 2.42. The third-order valence-corrected chi connectivity index (χ3v) is 5.61. The Morgan fingerprint density at radius 3 is 1.69 bits per heavy atom. The van der Waals surface area contributed by atoms with Gasteiger partial charge in [0.15, 0.2) is 5.58 Å². The second kappa shape index (κ2) is 9.64. The number of ether oxygens (including phenoxy) is 2. The van der Waals surface area contributed by atoms with Crippen LogP contribution in [-0.2, 0) is 21.9 Å². The molecule has 0 amide bonds. The zero-order valence-electron chi connectivity index (χ0n) is 20.3. The first-order valence-corrected chi connectivity index (χ1v) is 11.1. The summed E-state index contributed by atoms with van der Waals surface area (Å²) < 4.78 is 100. The number of benzene rings is 3. The molecule has 5 nitrogen and oxygen atoms in total. The maximum Gasteiger partial charge on any atom is 0.423 e. The zero-order chi connectivity index (χ0) is 28.9. The van der Waals surface area contributed by atoms with Gasteiger partial charge in [-0.05, 0) is 55.3 Å². The normalized spacial score (nSPS) is 12.0. The number of esters is 2. The van der Waals surface area contributed by atoms with Crippen LogP contribution < -0.4 is 9.47 Å². The summed E-state index contributed by atoms with van der Waals surface area (Å²) in [6, 6.07) is 9.30. The second-order valence-electron chi connectivity index (χ2n) is 8.64. The van der Waals surface area contributed by atoms with Crippen LogP contribution in [0.2, 0.25) is 0 Å². The van der Waals surface area contributed by atoms with Crippen molar-refractivity contribution in [2.24, 2.45) is 0 Å². The molecule has 4 rings (SSSR count). The highest BCUT2D eigenvalue weighted by molar-refractivity contribution is 6.09. The average Bonchev–Trinajstić information content (AvgIpc) is 3.20. The summed E-state index contributed by atoms with van der Waals surface area (Å²) in [4.78, 5) is 23.6. The van der Waals surface area contributed by atoms with Crippen molar-refractivity contribution in [2.45, 2.75) is 26.2 Å².